The van der Waals surface area contributed by atoms with E-state index < -0.39 is 18.4 Å². The second-order valence-corrected chi connectivity index (χ2v) is 8.26. The lowest BCUT2D eigenvalue weighted by molar-refractivity contribution is 0.0257. The average Bonchev–Trinajstić information content (AvgIpc) is 3.59. The Balaban J connectivity index is 1.43. The second-order valence-electron chi connectivity index (χ2n) is 8.26. The van der Waals surface area contributed by atoms with E-state index in [0.717, 1.165) is 12.8 Å². The van der Waals surface area contributed by atoms with Crippen LogP contribution in [0, 0.1) is 5.92 Å². The summed E-state index contributed by atoms with van der Waals surface area (Å²) in [6.45, 7) is 0.230. The molecule has 1 saturated carbocycles. The smallest absolute Gasteiger partial charge is 0.316 e. The summed E-state index contributed by atoms with van der Waals surface area (Å²) in [5.41, 5.74) is 1.69. The van der Waals surface area contributed by atoms with Crippen molar-refractivity contribution in [2.45, 2.75) is 25.2 Å². The SMILES string of the molecule is O=C(Nc1c(-c2ccccn2)ccnc1N1CCC(F)(F)C1)c1cnc(OCC2CC2)nc1. The molecular weight excluding hydrogens is 430 g/mol. The maximum absolute atomic E-state index is 13.9. The molecule has 0 atom stereocenters. The summed E-state index contributed by atoms with van der Waals surface area (Å²) in [7, 11) is 0. The molecular formula is C23H22F2N6O2. The third-order valence-electron chi connectivity index (χ3n) is 5.61. The van der Waals surface area contributed by atoms with Crippen LogP contribution >= 0.6 is 0 Å². The van der Waals surface area contributed by atoms with E-state index >= 15 is 0 Å². The highest BCUT2D eigenvalue weighted by molar-refractivity contribution is 6.07. The van der Waals surface area contributed by atoms with Gasteiger partial charge in [0.15, 0.2) is 5.82 Å². The van der Waals surface area contributed by atoms with Gasteiger partial charge < -0.3 is 15.0 Å². The lowest BCUT2D eigenvalue weighted by Gasteiger charge is -2.22. The van der Waals surface area contributed by atoms with E-state index in [4.69, 9.17) is 4.74 Å². The minimum absolute atomic E-state index is 0.130. The normalized spacial score (nSPS) is 17.1. The maximum Gasteiger partial charge on any atom is 0.316 e. The first-order valence-corrected chi connectivity index (χ1v) is 10.8. The molecule has 1 aliphatic carbocycles. The number of amides is 1. The second kappa shape index (κ2) is 8.68. The number of halogens is 2. The fraction of sp³-hybridized carbons (Fsp3) is 0.348. The van der Waals surface area contributed by atoms with Crippen LogP contribution in [-0.2, 0) is 0 Å². The molecule has 0 spiro atoms. The summed E-state index contributed by atoms with van der Waals surface area (Å²) in [6, 6.07) is 7.28. The van der Waals surface area contributed by atoms with Gasteiger partial charge in [-0.3, -0.25) is 9.78 Å². The molecule has 1 saturated heterocycles. The third-order valence-corrected chi connectivity index (χ3v) is 5.61. The summed E-state index contributed by atoms with van der Waals surface area (Å²) in [5, 5.41) is 2.83. The predicted molar refractivity (Wildman–Crippen MR) is 117 cm³/mol. The number of hydrogen-bond donors (Lipinski definition) is 1. The van der Waals surface area contributed by atoms with Crippen molar-refractivity contribution in [3.63, 3.8) is 0 Å². The maximum atomic E-state index is 13.9. The van der Waals surface area contributed by atoms with Crippen LogP contribution in [0.3, 0.4) is 0 Å². The molecule has 0 bridgehead atoms. The van der Waals surface area contributed by atoms with Crippen LogP contribution in [0.4, 0.5) is 20.3 Å². The van der Waals surface area contributed by atoms with Crippen molar-refractivity contribution >= 4 is 17.4 Å². The van der Waals surface area contributed by atoms with E-state index in [1.165, 1.54) is 23.5 Å². The van der Waals surface area contributed by atoms with Crippen molar-refractivity contribution in [1.29, 1.82) is 0 Å². The molecule has 10 heteroatoms. The highest BCUT2D eigenvalue weighted by Gasteiger charge is 2.40. The number of alkyl halides is 2. The number of carbonyl (C=O) groups is 1. The molecule has 1 amide bonds. The Morgan fingerprint density at radius 2 is 1.94 bits per heavy atom. The first kappa shape index (κ1) is 21.2. The van der Waals surface area contributed by atoms with Gasteiger partial charge in [-0.15, -0.1) is 0 Å². The zero-order valence-electron chi connectivity index (χ0n) is 17.7. The molecule has 170 valence electrons. The first-order valence-electron chi connectivity index (χ1n) is 10.8. The molecule has 1 N–H and O–H groups in total. The summed E-state index contributed by atoms with van der Waals surface area (Å²) in [4.78, 5) is 31.4. The quantitative estimate of drug-likeness (QED) is 0.583. The Labute approximate surface area is 189 Å². The van der Waals surface area contributed by atoms with Crippen LogP contribution in [0.5, 0.6) is 6.01 Å². The van der Waals surface area contributed by atoms with Crippen LogP contribution in [0.2, 0.25) is 0 Å². The monoisotopic (exact) mass is 452 g/mol. The molecule has 2 aliphatic rings. The zero-order valence-corrected chi connectivity index (χ0v) is 17.7. The van der Waals surface area contributed by atoms with Crippen molar-refractivity contribution in [3.05, 3.63) is 54.6 Å². The number of carbonyl (C=O) groups excluding carboxylic acids is 1. The van der Waals surface area contributed by atoms with Gasteiger partial charge in [-0.05, 0) is 37.0 Å². The fourth-order valence-electron chi connectivity index (χ4n) is 3.64. The van der Waals surface area contributed by atoms with Crippen molar-refractivity contribution in [2.75, 3.05) is 29.9 Å². The number of nitrogens with zero attached hydrogens (tertiary/aromatic N) is 5. The molecule has 4 heterocycles. The van der Waals surface area contributed by atoms with Gasteiger partial charge in [-0.25, -0.2) is 23.7 Å². The van der Waals surface area contributed by atoms with E-state index in [0.29, 0.717) is 29.5 Å². The Morgan fingerprint density at radius 1 is 1.12 bits per heavy atom. The number of aromatic nitrogens is 4. The van der Waals surface area contributed by atoms with Gasteiger partial charge in [0.25, 0.3) is 11.8 Å². The van der Waals surface area contributed by atoms with Gasteiger partial charge in [0, 0.05) is 43.3 Å². The molecule has 33 heavy (non-hydrogen) atoms. The third kappa shape index (κ3) is 4.89. The Bertz CT molecular complexity index is 1140. The summed E-state index contributed by atoms with van der Waals surface area (Å²) < 4.78 is 33.4. The molecule has 1 aliphatic heterocycles. The molecule has 8 nitrogen and oxygen atoms in total. The number of hydrogen-bond acceptors (Lipinski definition) is 7. The van der Waals surface area contributed by atoms with E-state index in [9.17, 15) is 13.6 Å². The Hall–Kier alpha value is -3.69. The summed E-state index contributed by atoms with van der Waals surface area (Å²) in [5.74, 6) is -2.47. The van der Waals surface area contributed by atoms with Crippen molar-refractivity contribution < 1.29 is 18.3 Å². The lowest BCUT2D eigenvalue weighted by Crippen LogP contribution is -2.27. The largest absolute Gasteiger partial charge is 0.463 e. The first-order chi connectivity index (χ1) is 16.0. The van der Waals surface area contributed by atoms with Crippen molar-refractivity contribution in [1.82, 2.24) is 19.9 Å². The minimum Gasteiger partial charge on any atom is -0.463 e. The number of anilines is 2. The van der Waals surface area contributed by atoms with Gasteiger partial charge in [0.2, 0.25) is 0 Å². The number of nitrogens with one attached hydrogen (secondary N) is 1. The molecule has 0 aromatic carbocycles. The van der Waals surface area contributed by atoms with Crippen molar-refractivity contribution in [2.24, 2.45) is 5.92 Å². The van der Waals surface area contributed by atoms with Crippen LogP contribution in [0.1, 0.15) is 29.6 Å². The molecule has 5 rings (SSSR count). The highest BCUT2D eigenvalue weighted by Crippen LogP contribution is 2.38. The number of ether oxygens (including phenoxy) is 1. The van der Waals surface area contributed by atoms with Gasteiger partial charge in [0.05, 0.1) is 30.1 Å². The molecule has 0 radical (unpaired) electrons. The predicted octanol–water partition coefficient (Wildman–Crippen LogP) is 3.82. The summed E-state index contributed by atoms with van der Waals surface area (Å²) in [6.07, 6.45) is 7.94. The van der Waals surface area contributed by atoms with Gasteiger partial charge in [0.1, 0.15) is 0 Å². The van der Waals surface area contributed by atoms with Crippen molar-refractivity contribution in [3.8, 4) is 17.3 Å². The average molecular weight is 452 g/mol. The zero-order chi connectivity index (χ0) is 22.8. The topological polar surface area (TPSA) is 93.1 Å². The minimum atomic E-state index is -2.81. The molecule has 3 aromatic heterocycles. The Morgan fingerprint density at radius 3 is 2.61 bits per heavy atom. The van der Waals surface area contributed by atoms with Gasteiger partial charge >= 0.3 is 6.01 Å². The fourth-order valence-corrected chi connectivity index (χ4v) is 3.64. The molecule has 2 fully saturated rings. The van der Waals surface area contributed by atoms with E-state index in [2.05, 4.69) is 25.3 Å². The van der Waals surface area contributed by atoms with Crippen LogP contribution in [0.15, 0.2) is 49.1 Å². The lowest BCUT2D eigenvalue weighted by atomic mass is 10.1. The highest BCUT2D eigenvalue weighted by atomic mass is 19.3. The van der Waals surface area contributed by atoms with Gasteiger partial charge in [-0.1, -0.05) is 6.07 Å². The summed E-state index contributed by atoms with van der Waals surface area (Å²) >= 11 is 0. The Kier molecular flexibility index (Phi) is 5.57. The van der Waals surface area contributed by atoms with Crippen LogP contribution in [0.25, 0.3) is 11.3 Å². The molecule has 0 unspecified atom stereocenters. The molecule has 3 aromatic rings. The van der Waals surface area contributed by atoms with E-state index in [1.807, 2.05) is 6.07 Å². The number of rotatable bonds is 7. The number of pyridine rings is 2. The van der Waals surface area contributed by atoms with Crippen LogP contribution in [-0.4, -0.2) is 51.5 Å². The van der Waals surface area contributed by atoms with Crippen LogP contribution < -0.4 is 15.0 Å². The van der Waals surface area contributed by atoms with E-state index in [-0.39, 0.29) is 30.4 Å². The van der Waals surface area contributed by atoms with E-state index in [1.54, 1.807) is 24.4 Å². The standard InChI is InChI=1S/C23H22F2N6O2/c24-23(25)7-10-31(14-23)20-19(17(6-9-27-20)18-3-1-2-8-26-18)30-21(32)16-11-28-22(29-12-16)33-13-15-4-5-15/h1-3,6,8-9,11-12,15H,4-5,7,10,13-14H2,(H,30,32). The van der Waals surface area contributed by atoms with Gasteiger partial charge in [-0.2, -0.15) is 0 Å².